The van der Waals surface area contributed by atoms with Crippen LogP contribution in [0.5, 0.6) is 5.75 Å². The molecule has 8 heteroatoms. The lowest BCUT2D eigenvalue weighted by Crippen LogP contribution is -2.14. The number of benzene rings is 1. The molecule has 6 nitrogen and oxygen atoms in total. The van der Waals surface area contributed by atoms with Gasteiger partial charge in [0.05, 0.1) is 5.39 Å². The summed E-state index contributed by atoms with van der Waals surface area (Å²) in [5, 5.41) is 12.4. The Labute approximate surface area is 168 Å². The number of aryl methyl sites for hydroxylation is 2. The van der Waals surface area contributed by atoms with Crippen LogP contribution in [0.3, 0.4) is 0 Å². The summed E-state index contributed by atoms with van der Waals surface area (Å²) in [5.74, 6) is -0.530. The van der Waals surface area contributed by atoms with Gasteiger partial charge in [-0.2, -0.15) is 0 Å². The zero-order valence-corrected chi connectivity index (χ0v) is 16.7. The number of hydrogen-bond acceptors (Lipinski definition) is 7. The first-order valence-electron chi connectivity index (χ1n) is 8.47. The van der Waals surface area contributed by atoms with Gasteiger partial charge >= 0.3 is 5.97 Å². The number of thiophene rings is 2. The van der Waals surface area contributed by atoms with Gasteiger partial charge in [0, 0.05) is 20.7 Å². The monoisotopic (exact) mass is 412 g/mol. The summed E-state index contributed by atoms with van der Waals surface area (Å²) in [5.41, 5.74) is 1.25. The van der Waals surface area contributed by atoms with Crippen LogP contribution in [0.4, 0.5) is 0 Å². The Morgan fingerprint density at radius 1 is 1.25 bits per heavy atom. The van der Waals surface area contributed by atoms with Gasteiger partial charge < -0.3 is 14.8 Å². The number of H-pyrrole nitrogens is 1. The number of aromatic amines is 1. The first kappa shape index (κ1) is 18.4. The molecule has 142 valence electrons. The molecule has 4 aromatic rings. The Kier molecular flexibility index (Phi) is 4.74. The van der Waals surface area contributed by atoms with E-state index in [0.717, 1.165) is 10.4 Å². The van der Waals surface area contributed by atoms with Crippen molar-refractivity contribution in [1.29, 1.82) is 0 Å². The van der Waals surface area contributed by atoms with E-state index in [4.69, 9.17) is 4.74 Å². The molecule has 0 amide bonds. The molecule has 0 saturated carbocycles. The molecular weight excluding hydrogens is 396 g/mol. The van der Waals surface area contributed by atoms with Crippen LogP contribution in [0.1, 0.15) is 26.6 Å². The molecule has 0 saturated heterocycles. The fourth-order valence-corrected chi connectivity index (χ4v) is 4.78. The number of phenolic OH excluding ortho intramolecular Hbond substituents is 1. The van der Waals surface area contributed by atoms with Gasteiger partial charge in [-0.25, -0.2) is 9.78 Å². The summed E-state index contributed by atoms with van der Waals surface area (Å²) >= 11 is 3.00. The zero-order valence-electron chi connectivity index (χ0n) is 15.1. The molecular formula is C20H16N2O4S2. The van der Waals surface area contributed by atoms with Crippen LogP contribution in [0.25, 0.3) is 20.7 Å². The van der Waals surface area contributed by atoms with Crippen molar-refractivity contribution in [2.75, 3.05) is 0 Å². The van der Waals surface area contributed by atoms with E-state index < -0.39 is 5.97 Å². The molecule has 1 aromatic carbocycles. The number of nitrogens with zero attached hydrogens (tertiary/aromatic N) is 1. The molecule has 0 fully saturated rings. The van der Waals surface area contributed by atoms with Crippen LogP contribution in [0, 0.1) is 13.8 Å². The molecule has 0 spiro atoms. The number of nitrogens with one attached hydrogen (secondary N) is 1. The number of rotatable bonds is 4. The molecule has 3 aromatic heterocycles. The van der Waals surface area contributed by atoms with Gasteiger partial charge in [0.15, 0.2) is 0 Å². The maximum absolute atomic E-state index is 12.6. The molecule has 4 rings (SSSR count). The zero-order chi connectivity index (χ0) is 19.8. The Hall–Kier alpha value is -2.97. The summed E-state index contributed by atoms with van der Waals surface area (Å²) in [6, 6.07) is 8.85. The second kappa shape index (κ2) is 7.21. The second-order valence-corrected chi connectivity index (χ2v) is 8.45. The Bertz CT molecular complexity index is 1250. The minimum absolute atomic E-state index is 0.0786. The van der Waals surface area contributed by atoms with Crippen molar-refractivity contribution in [3.8, 4) is 16.2 Å². The van der Waals surface area contributed by atoms with Crippen LogP contribution < -0.4 is 5.56 Å². The number of ether oxygens (including phenoxy) is 1. The van der Waals surface area contributed by atoms with Crippen molar-refractivity contribution < 1.29 is 14.6 Å². The molecule has 0 atom stereocenters. The fourth-order valence-electron chi connectivity index (χ4n) is 2.86. The predicted molar refractivity (Wildman–Crippen MR) is 110 cm³/mol. The maximum Gasteiger partial charge on any atom is 0.342 e. The Morgan fingerprint density at radius 2 is 2.07 bits per heavy atom. The van der Waals surface area contributed by atoms with Gasteiger partial charge in [0.2, 0.25) is 0 Å². The highest BCUT2D eigenvalue weighted by Gasteiger charge is 2.17. The van der Waals surface area contributed by atoms with Crippen molar-refractivity contribution in [2.45, 2.75) is 20.5 Å². The van der Waals surface area contributed by atoms with Gasteiger partial charge in [0.1, 0.15) is 28.6 Å². The van der Waals surface area contributed by atoms with E-state index in [1.165, 1.54) is 22.3 Å². The molecule has 0 aliphatic rings. The van der Waals surface area contributed by atoms with E-state index in [2.05, 4.69) is 9.97 Å². The van der Waals surface area contributed by atoms with Crippen molar-refractivity contribution >= 4 is 38.9 Å². The highest BCUT2D eigenvalue weighted by molar-refractivity contribution is 7.19. The number of aromatic hydroxyl groups is 1. The molecule has 0 unspecified atom stereocenters. The van der Waals surface area contributed by atoms with Crippen LogP contribution in [-0.4, -0.2) is 21.0 Å². The SMILES string of the molecule is Cc1ccc(-c2csc3nc(COC(=O)c4cccc(C)c4O)[nH]c(=O)c23)s1. The van der Waals surface area contributed by atoms with E-state index in [1.54, 1.807) is 30.4 Å². The first-order chi connectivity index (χ1) is 13.4. The summed E-state index contributed by atoms with van der Waals surface area (Å²) in [7, 11) is 0. The number of hydrogen-bond donors (Lipinski definition) is 2. The van der Waals surface area contributed by atoms with Crippen molar-refractivity contribution in [2.24, 2.45) is 0 Å². The van der Waals surface area contributed by atoms with E-state index >= 15 is 0 Å². The summed E-state index contributed by atoms with van der Waals surface area (Å²) in [4.78, 5) is 34.7. The van der Waals surface area contributed by atoms with Gasteiger partial charge in [-0.15, -0.1) is 22.7 Å². The summed E-state index contributed by atoms with van der Waals surface area (Å²) < 4.78 is 5.22. The number of carbonyl (C=O) groups is 1. The Morgan fingerprint density at radius 3 is 2.82 bits per heavy atom. The molecule has 28 heavy (non-hydrogen) atoms. The highest BCUT2D eigenvalue weighted by atomic mass is 32.1. The molecule has 3 heterocycles. The lowest BCUT2D eigenvalue weighted by atomic mass is 10.1. The van der Waals surface area contributed by atoms with Crippen molar-refractivity contribution in [1.82, 2.24) is 9.97 Å². The third-order valence-electron chi connectivity index (χ3n) is 4.30. The molecule has 0 aliphatic heterocycles. The predicted octanol–water partition coefficient (Wildman–Crippen LogP) is 4.39. The lowest BCUT2D eigenvalue weighted by molar-refractivity contribution is 0.0459. The quantitative estimate of drug-likeness (QED) is 0.485. The van der Waals surface area contributed by atoms with Crippen LogP contribution in [0.2, 0.25) is 0 Å². The molecule has 0 aliphatic carbocycles. The second-order valence-electron chi connectivity index (χ2n) is 6.30. The lowest BCUT2D eigenvalue weighted by Gasteiger charge is -2.07. The highest BCUT2D eigenvalue weighted by Crippen LogP contribution is 2.35. The number of para-hydroxylation sites is 1. The average molecular weight is 412 g/mol. The number of carbonyl (C=O) groups excluding carboxylic acids is 1. The number of phenols is 1. The van der Waals surface area contributed by atoms with E-state index in [-0.39, 0.29) is 29.3 Å². The number of aromatic nitrogens is 2. The number of esters is 1. The van der Waals surface area contributed by atoms with Crippen LogP contribution in [0.15, 0.2) is 40.5 Å². The van der Waals surface area contributed by atoms with E-state index in [1.807, 2.05) is 24.4 Å². The fraction of sp³-hybridized carbons (Fsp3) is 0.150. The van der Waals surface area contributed by atoms with Gasteiger partial charge in [0.25, 0.3) is 5.56 Å². The third-order valence-corrected chi connectivity index (χ3v) is 6.20. The first-order valence-corrected chi connectivity index (χ1v) is 10.2. The number of fused-ring (bicyclic) bond motifs is 1. The molecule has 0 bridgehead atoms. The van der Waals surface area contributed by atoms with Gasteiger partial charge in [-0.1, -0.05) is 12.1 Å². The van der Waals surface area contributed by atoms with Crippen LogP contribution >= 0.6 is 22.7 Å². The molecule has 2 N–H and O–H groups in total. The topological polar surface area (TPSA) is 92.3 Å². The smallest absolute Gasteiger partial charge is 0.342 e. The normalized spacial score (nSPS) is 11.1. The minimum atomic E-state index is -0.676. The minimum Gasteiger partial charge on any atom is -0.507 e. The molecule has 0 radical (unpaired) electrons. The van der Waals surface area contributed by atoms with Crippen molar-refractivity contribution in [3.05, 3.63) is 67.9 Å². The van der Waals surface area contributed by atoms with Gasteiger partial charge in [-0.3, -0.25) is 4.79 Å². The van der Waals surface area contributed by atoms with E-state index in [0.29, 0.717) is 15.8 Å². The third kappa shape index (κ3) is 3.32. The van der Waals surface area contributed by atoms with Crippen LogP contribution in [-0.2, 0) is 11.3 Å². The average Bonchev–Trinajstić information content (AvgIpc) is 3.28. The Balaban J connectivity index is 1.60. The van der Waals surface area contributed by atoms with E-state index in [9.17, 15) is 14.7 Å². The standard InChI is InChI=1S/C20H16N2O4S2/c1-10-4-3-5-12(17(10)23)20(25)26-8-15-21-18(24)16-13(9-27-19(16)22-15)14-7-6-11(2)28-14/h3-7,9,23H,8H2,1-2H3,(H,21,22,24). The maximum atomic E-state index is 12.6. The van der Waals surface area contributed by atoms with Crippen molar-refractivity contribution in [3.63, 3.8) is 0 Å². The summed E-state index contributed by atoms with van der Waals surface area (Å²) in [6.07, 6.45) is 0. The largest absolute Gasteiger partial charge is 0.507 e. The van der Waals surface area contributed by atoms with Gasteiger partial charge in [-0.05, 0) is 37.6 Å². The summed E-state index contributed by atoms with van der Waals surface area (Å²) in [6.45, 7) is 3.52.